The van der Waals surface area contributed by atoms with E-state index in [2.05, 4.69) is 10.3 Å². The van der Waals surface area contributed by atoms with Crippen LogP contribution in [0.2, 0.25) is 0 Å². The van der Waals surface area contributed by atoms with Gasteiger partial charge in [-0.25, -0.2) is 4.98 Å². The fourth-order valence-corrected chi connectivity index (χ4v) is 5.35. The summed E-state index contributed by atoms with van der Waals surface area (Å²) >= 11 is 1.23. The van der Waals surface area contributed by atoms with E-state index < -0.39 is 0 Å². The monoisotopic (exact) mass is 504 g/mol. The van der Waals surface area contributed by atoms with Gasteiger partial charge in [-0.2, -0.15) is 0 Å². The number of rotatable bonds is 8. The van der Waals surface area contributed by atoms with Crippen LogP contribution < -0.4 is 10.9 Å². The Hall–Kier alpha value is -3.43. The molecule has 0 aliphatic carbocycles. The summed E-state index contributed by atoms with van der Waals surface area (Å²) in [5, 5.41) is 4.61. The van der Waals surface area contributed by atoms with Crippen LogP contribution in [0.5, 0.6) is 0 Å². The predicted molar refractivity (Wildman–Crippen MR) is 141 cm³/mol. The minimum absolute atomic E-state index is 0.0118. The van der Waals surface area contributed by atoms with Crippen molar-refractivity contribution in [3.05, 3.63) is 70.1 Å². The summed E-state index contributed by atoms with van der Waals surface area (Å²) in [5.41, 5.74) is 2.18. The predicted octanol–water partition coefficient (Wildman–Crippen LogP) is 4.17. The number of nitrogens with one attached hydrogen (secondary N) is 2. The van der Waals surface area contributed by atoms with Crippen LogP contribution in [0.15, 0.2) is 58.6 Å². The molecule has 0 spiro atoms. The van der Waals surface area contributed by atoms with Crippen LogP contribution in [0.4, 0.5) is 0 Å². The summed E-state index contributed by atoms with van der Waals surface area (Å²) in [4.78, 5) is 47.0. The second-order valence-corrected chi connectivity index (χ2v) is 10.2. The molecular weight excluding hydrogens is 476 g/mol. The number of ketones is 1. The van der Waals surface area contributed by atoms with Crippen molar-refractivity contribution in [2.24, 2.45) is 0 Å². The number of hydrogen-bond donors (Lipinski definition) is 2. The van der Waals surface area contributed by atoms with Crippen LogP contribution in [0, 0.1) is 0 Å². The number of nitrogens with zero attached hydrogens (tertiary/aromatic N) is 2. The fraction of sp³-hybridized carbons (Fsp3) is 0.333. The molecule has 4 aromatic rings. The van der Waals surface area contributed by atoms with Gasteiger partial charge in [-0.05, 0) is 51.0 Å². The van der Waals surface area contributed by atoms with Crippen LogP contribution >= 0.6 is 11.8 Å². The molecule has 1 amide bonds. The Kier molecular flexibility index (Phi) is 6.93. The summed E-state index contributed by atoms with van der Waals surface area (Å²) in [6.45, 7) is 4.83. The van der Waals surface area contributed by atoms with Crippen LogP contribution in [0.1, 0.15) is 47.4 Å². The van der Waals surface area contributed by atoms with Crippen molar-refractivity contribution in [3.63, 3.8) is 0 Å². The zero-order chi connectivity index (χ0) is 25.2. The molecule has 1 aliphatic heterocycles. The van der Waals surface area contributed by atoms with Crippen LogP contribution in [0.25, 0.3) is 21.8 Å². The van der Waals surface area contributed by atoms with Gasteiger partial charge < -0.3 is 15.0 Å². The third kappa shape index (κ3) is 4.94. The Morgan fingerprint density at radius 3 is 2.83 bits per heavy atom. The number of para-hydroxylation sites is 1. The van der Waals surface area contributed by atoms with Crippen molar-refractivity contribution in [3.8, 4) is 0 Å². The lowest BCUT2D eigenvalue weighted by Crippen LogP contribution is -2.31. The van der Waals surface area contributed by atoms with Crippen molar-refractivity contribution >= 4 is 45.3 Å². The van der Waals surface area contributed by atoms with Gasteiger partial charge in [0.1, 0.15) is 0 Å². The molecule has 2 N–H and O–H groups in total. The standard InChI is InChI=1S/C27H28N4O4S/c1-16(2)29-25(33)17-9-10-20-23(12-17)30-27(31(26(20)34)14-18-6-5-11-35-18)36-15-24(32)21-13-28-22-8-4-3-7-19(21)22/h3-4,7-10,12-13,16,18,28H,5-6,11,14-15H2,1-2H3,(H,29,33)/t18-/m1/s1. The van der Waals surface area contributed by atoms with Crippen molar-refractivity contribution in [1.82, 2.24) is 19.9 Å². The average Bonchev–Trinajstić information content (AvgIpc) is 3.54. The number of benzene rings is 2. The highest BCUT2D eigenvalue weighted by molar-refractivity contribution is 7.99. The quantitative estimate of drug-likeness (QED) is 0.212. The summed E-state index contributed by atoms with van der Waals surface area (Å²) < 4.78 is 7.39. The first kappa shape index (κ1) is 24.3. The maximum absolute atomic E-state index is 13.5. The lowest BCUT2D eigenvalue weighted by atomic mass is 10.1. The van der Waals surface area contributed by atoms with Crippen molar-refractivity contribution in [1.29, 1.82) is 0 Å². The van der Waals surface area contributed by atoms with Crippen molar-refractivity contribution < 1.29 is 14.3 Å². The molecule has 0 radical (unpaired) electrons. The molecule has 0 bridgehead atoms. The first-order valence-corrected chi connectivity index (χ1v) is 13.1. The van der Waals surface area contributed by atoms with Gasteiger partial charge in [-0.15, -0.1) is 0 Å². The van der Waals surface area contributed by atoms with Gasteiger partial charge in [0, 0.05) is 40.9 Å². The van der Waals surface area contributed by atoms with E-state index in [0.717, 1.165) is 23.7 Å². The summed E-state index contributed by atoms with van der Waals surface area (Å²) in [6, 6.07) is 12.6. The Bertz CT molecular complexity index is 1500. The highest BCUT2D eigenvalue weighted by atomic mass is 32.2. The second-order valence-electron chi connectivity index (χ2n) is 9.27. The van der Waals surface area contributed by atoms with Crippen LogP contribution in [-0.2, 0) is 11.3 Å². The topological polar surface area (TPSA) is 106 Å². The molecule has 2 aromatic carbocycles. The van der Waals surface area contributed by atoms with E-state index in [9.17, 15) is 14.4 Å². The molecule has 3 heterocycles. The largest absolute Gasteiger partial charge is 0.376 e. The zero-order valence-corrected chi connectivity index (χ0v) is 21.1. The molecule has 1 fully saturated rings. The Balaban J connectivity index is 1.49. The molecule has 36 heavy (non-hydrogen) atoms. The maximum atomic E-state index is 13.5. The van der Waals surface area contributed by atoms with Gasteiger partial charge in [0.15, 0.2) is 10.9 Å². The molecule has 1 aliphatic rings. The van der Waals surface area contributed by atoms with E-state index in [1.165, 1.54) is 11.8 Å². The van der Waals surface area contributed by atoms with Crippen LogP contribution in [-0.4, -0.2) is 50.7 Å². The van der Waals surface area contributed by atoms with Gasteiger partial charge in [0.2, 0.25) is 0 Å². The van der Waals surface area contributed by atoms with E-state index in [0.29, 0.717) is 40.3 Å². The van der Waals surface area contributed by atoms with E-state index in [1.807, 2.05) is 38.1 Å². The number of H-pyrrole nitrogens is 1. The first-order valence-electron chi connectivity index (χ1n) is 12.1. The lowest BCUT2D eigenvalue weighted by molar-refractivity contribution is 0.0936. The summed E-state index contributed by atoms with van der Waals surface area (Å²) in [7, 11) is 0. The molecular formula is C27H28N4O4S. The Morgan fingerprint density at radius 1 is 1.22 bits per heavy atom. The molecule has 9 heteroatoms. The van der Waals surface area contributed by atoms with Gasteiger partial charge in [0.25, 0.3) is 11.5 Å². The molecule has 2 aromatic heterocycles. The fourth-order valence-electron chi connectivity index (χ4n) is 4.46. The van der Waals surface area contributed by atoms with E-state index >= 15 is 0 Å². The number of ether oxygens (including phenoxy) is 1. The van der Waals surface area contributed by atoms with Gasteiger partial charge in [-0.3, -0.25) is 19.0 Å². The third-order valence-electron chi connectivity index (χ3n) is 6.23. The number of Topliss-reactive ketones (excluding diaryl/α,β-unsaturated/α-hetero) is 1. The highest BCUT2D eigenvalue weighted by Gasteiger charge is 2.22. The number of aromatic amines is 1. The number of thioether (sulfide) groups is 1. The number of fused-ring (bicyclic) bond motifs is 2. The highest BCUT2D eigenvalue weighted by Crippen LogP contribution is 2.25. The molecule has 1 saturated heterocycles. The van der Waals surface area contributed by atoms with Gasteiger partial charge >= 0.3 is 0 Å². The maximum Gasteiger partial charge on any atom is 0.262 e. The third-order valence-corrected chi connectivity index (χ3v) is 7.21. The molecule has 0 unspecified atom stereocenters. The number of hydrogen-bond acceptors (Lipinski definition) is 6. The number of carbonyl (C=O) groups is 2. The average molecular weight is 505 g/mol. The Morgan fingerprint density at radius 2 is 2.06 bits per heavy atom. The summed E-state index contributed by atoms with van der Waals surface area (Å²) in [5.74, 6) is -0.153. The number of amides is 1. The minimum Gasteiger partial charge on any atom is -0.376 e. The minimum atomic E-state index is -0.221. The van der Waals surface area contributed by atoms with Crippen LogP contribution in [0.3, 0.4) is 0 Å². The number of aromatic nitrogens is 3. The lowest BCUT2D eigenvalue weighted by Gasteiger charge is -2.17. The van der Waals surface area contributed by atoms with Gasteiger partial charge in [-0.1, -0.05) is 30.0 Å². The zero-order valence-electron chi connectivity index (χ0n) is 20.2. The first-order chi connectivity index (χ1) is 17.4. The van der Waals surface area contributed by atoms with Gasteiger partial charge in [0.05, 0.1) is 29.3 Å². The van der Waals surface area contributed by atoms with Crippen molar-refractivity contribution in [2.45, 2.75) is 50.5 Å². The Labute approximate surface area is 212 Å². The molecule has 5 rings (SSSR count). The van der Waals surface area contributed by atoms with E-state index in [4.69, 9.17) is 9.72 Å². The van der Waals surface area contributed by atoms with Crippen molar-refractivity contribution in [2.75, 3.05) is 12.4 Å². The second kappa shape index (κ2) is 10.3. The normalized spacial score (nSPS) is 15.7. The SMILES string of the molecule is CC(C)NC(=O)c1ccc2c(=O)n(C[C@H]3CCCO3)c(SCC(=O)c3c[nH]c4ccccc34)nc2c1. The molecule has 1 atom stereocenters. The smallest absolute Gasteiger partial charge is 0.262 e. The molecule has 8 nitrogen and oxygen atoms in total. The van der Waals surface area contributed by atoms with E-state index in [1.54, 1.807) is 29.0 Å². The molecule has 186 valence electrons. The number of carbonyl (C=O) groups excluding carboxylic acids is 2. The summed E-state index contributed by atoms with van der Waals surface area (Å²) in [6.07, 6.45) is 3.48. The molecule has 0 saturated carbocycles. The van der Waals surface area contributed by atoms with E-state index in [-0.39, 0.29) is 35.1 Å².